The molecule has 2 aliphatic carbocycles. The van der Waals surface area contributed by atoms with Crippen molar-refractivity contribution in [2.75, 3.05) is 13.2 Å². The Morgan fingerprint density at radius 2 is 1.00 bits per heavy atom. The molecular weight excluding hydrogens is 881 g/mol. The maximum atomic E-state index is 13.6. The van der Waals surface area contributed by atoms with Crippen LogP contribution in [0, 0.1) is 0 Å². The van der Waals surface area contributed by atoms with E-state index in [1.54, 1.807) is 12.4 Å². The van der Waals surface area contributed by atoms with Crippen molar-refractivity contribution < 1.29 is 28.8 Å². The van der Waals surface area contributed by atoms with Crippen LogP contribution in [0.15, 0.2) is 122 Å². The second-order valence-corrected chi connectivity index (χ2v) is 20.7. The van der Waals surface area contributed by atoms with E-state index in [2.05, 4.69) is 106 Å². The van der Waals surface area contributed by atoms with Crippen LogP contribution in [0.4, 0.5) is 0 Å². The molecule has 1 unspecified atom stereocenters. The molecule has 2 aromatic heterocycles. The number of nitrogens with zero attached hydrogens (tertiary/aromatic N) is 2. The van der Waals surface area contributed by atoms with E-state index < -0.39 is 5.97 Å². The molecule has 370 valence electrons. The molecule has 0 saturated heterocycles. The Kier molecular flexibility index (Phi) is 16.9. The highest BCUT2D eigenvalue weighted by Crippen LogP contribution is 2.63. The molecule has 1 spiro atoms. The molecule has 8 heteroatoms. The summed E-state index contributed by atoms with van der Waals surface area (Å²) >= 11 is 0. The van der Waals surface area contributed by atoms with E-state index in [-0.39, 0.29) is 16.2 Å². The zero-order valence-corrected chi connectivity index (χ0v) is 42.8. The highest BCUT2D eigenvalue weighted by molar-refractivity contribution is 5.91. The van der Waals surface area contributed by atoms with E-state index in [4.69, 9.17) is 24.0 Å². The average molecular weight is 953 g/mol. The summed E-state index contributed by atoms with van der Waals surface area (Å²) < 4.78 is 17.9. The fourth-order valence-corrected chi connectivity index (χ4v) is 10.5. The second kappa shape index (κ2) is 23.6. The smallest absolute Gasteiger partial charge is 0.343 e. The van der Waals surface area contributed by atoms with Gasteiger partial charge < -0.3 is 19.1 Å². The van der Waals surface area contributed by atoms with Gasteiger partial charge in [-0.1, -0.05) is 154 Å². The predicted molar refractivity (Wildman–Crippen MR) is 287 cm³/mol. The number of hydrogen-bond acceptors (Lipinski definition) is 8. The first-order valence-corrected chi connectivity index (χ1v) is 26.0. The molecule has 0 amide bonds. The van der Waals surface area contributed by atoms with Gasteiger partial charge in [0, 0.05) is 5.41 Å². The number of fused-ring (bicyclic) bond motifs is 4. The molecule has 0 bridgehead atoms. The maximum Gasteiger partial charge on any atom is 0.343 e. The van der Waals surface area contributed by atoms with Gasteiger partial charge >= 0.3 is 5.97 Å². The normalized spacial score (nSPS) is 16.4. The molecule has 1 atom stereocenters. The first-order valence-electron chi connectivity index (χ1n) is 26.0. The lowest BCUT2D eigenvalue weighted by Gasteiger charge is -2.30. The van der Waals surface area contributed by atoms with E-state index in [1.807, 2.05) is 78.9 Å². The molecule has 6 aromatic rings. The third-order valence-electron chi connectivity index (χ3n) is 14.1. The van der Waals surface area contributed by atoms with Crippen LogP contribution in [0.3, 0.4) is 0 Å². The highest BCUT2D eigenvalue weighted by Gasteiger charge is 2.56. The Morgan fingerprint density at radius 3 is 1.51 bits per heavy atom. The molecule has 0 radical (unpaired) electrons. The van der Waals surface area contributed by atoms with Gasteiger partial charge in [-0.05, 0) is 148 Å². The van der Waals surface area contributed by atoms with E-state index in [0.717, 1.165) is 71.9 Å². The molecule has 0 fully saturated rings. The van der Waals surface area contributed by atoms with Gasteiger partial charge in [-0.15, -0.1) is 0 Å². The number of carbonyl (C=O) groups excluding carboxylic acids is 1. The lowest BCUT2D eigenvalue weighted by Crippen LogP contribution is -2.27. The first-order chi connectivity index (χ1) is 34.4. The molecule has 8 nitrogen and oxygen atoms in total. The number of ether oxygens (including phenoxy) is 3. The van der Waals surface area contributed by atoms with Gasteiger partial charge in [0.1, 0.15) is 23.9 Å². The number of unbranched alkanes of at least 4 members (excludes halogenated alkanes) is 8. The summed E-state index contributed by atoms with van der Waals surface area (Å²) in [7, 11) is 0. The minimum atomic E-state index is -0.395. The van der Waals surface area contributed by atoms with Gasteiger partial charge in [0.05, 0.1) is 42.6 Å². The van der Waals surface area contributed by atoms with Gasteiger partial charge in [-0.2, -0.15) is 4.89 Å². The van der Waals surface area contributed by atoms with Crippen molar-refractivity contribution in [3.8, 4) is 23.0 Å². The summed E-state index contributed by atoms with van der Waals surface area (Å²) in [5.74, 6) is 2.39. The monoisotopic (exact) mass is 953 g/mol. The number of benzene rings is 4. The third-order valence-corrected chi connectivity index (χ3v) is 14.1. The van der Waals surface area contributed by atoms with Gasteiger partial charge in [-0.3, -0.25) is 9.97 Å². The third kappa shape index (κ3) is 13.1. The van der Waals surface area contributed by atoms with E-state index >= 15 is 0 Å². The number of aromatic nitrogens is 2. The SMILES string of the molecule is CCCCCCCOc1ccc(C=Cc2ccc(COOc3ccc4c(c3)C3(CC4(C)C)CC(C)(C)c4ccc(OC(=O)c5ccc(C=Cc6ccc(OCCCCCCC)cn6)cc5)cc43)cc2)nc1. The maximum absolute atomic E-state index is 13.6. The Labute approximate surface area is 422 Å². The Balaban J connectivity index is 0.867. The highest BCUT2D eigenvalue weighted by atomic mass is 17.2. The minimum absolute atomic E-state index is 0.0895. The fraction of sp³-hybridized carbons (Fsp3) is 0.381. The van der Waals surface area contributed by atoms with Crippen LogP contribution in [0.25, 0.3) is 24.3 Å². The van der Waals surface area contributed by atoms with Gasteiger partial charge in [0.15, 0.2) is 5.75 Å². The van der Waals surface area contributed by atoms with E-state index in [9.17, 15) is 4.79 Å². The van der Waals surface area contributed by atoms with Crippen LogP contribution in [0.5, 0.6) is 23.0 Å². The summed E-state index contributed by atoms with van der Waals surface area (Å²) in [5, 5.41) is 0. The zero-order chi connectivity index (χ0) is 49.7. The molecule has 0 aliphatic heterocycles. The van der Waals surface area contributed by atoms with Crippen LogP contribution in [-0.2, 0) is 27.7 Å². The fourth-order valence-electron chi connectivity index (χ4n) is 10.5. The van der Waals surface area contributed by atoms with Crippen LogP contribution in [-0.4, -0.2) is 29.2 Å². The van der Waals surface area contributed by atoms with Crippen LogP contribution < -0.4 is 19.1 Å². The van der Waals surface area contributed by atoms with Crippen LogP contribution in [0.1, 0.15) is 179 Å². The predicted octanol–water partition coefficient (Wildman–Crippen LogP) is 15.9. The zero-order valence-electron chi connectivity index (χ0n) is 42.8. The Hall–Kier alpha value is -6.51. The van der Waals surface area contributed by atoms with Crippen molar-refractivity contribution in [3.63, 3.8) is 0 Å². The van der Waals surface area contributed by atoms with E-state index in [1.165, 1.54) is 73.6 Å². The lowest BCUT2D eigenvalue weighted by molar-refractivity contribution is -0.217. The molecule has 4 aromatic carbocycles. The summed E-state index contributed by atoms with van der Waals surface area (Å²) in [4.78, 5) is 34.6. The summed E-state index contributed by atoms with van der Waals surface area (Å²) in [5.41, 5.74) is 9.73. The van der Waals surface area contributed by atoms with Crippen molar-refractivity contribution in [1.82, 2.24) is 9.97 Å². The molecule has 8 rings (SSSR count). The quantitative estimate of drug-likeness (QED) is 0.0195. The number of hydrogen-bond donors (Lipinski definition) is 0. The van der Waals surface area contributed by atoms with Crippen LogP contribution >= 0.6 is 0 Å². The summed E-state index contributed by atoms with van der Waals surface area (Å²) in [6, 6.07) is 36.1. The topological polar surface area (TPSA) is 89.0 Å². The largest absolute Gasteiger partial charge is 0.492 e. The molecule has 71 heavy (non-hydrogen) atoms. The Bertz CT molecular complexity index is 2730. The van der Waals surface area contributed by atoms with Crippen LogP contribution in [0.2, 0.25) is 0 Å². The van der Waals surface area contributed by atoms with Crippen molar-refractivity contribution in [3.05, 3.63) is 177 Å². The standard InChI is InChI=1S/C63H72N2O6/c1-7-9-11-13-15-37-67-54-31-29-50(64-41-54)27-23-46-17-19-48(20-18-46)43-69-71-53-34-36-57-59(40-53)63(45-62(57,5)6)44-61(3,4)56-35-33-52(39-58(56)63)70-60(66)49-25-21-47(22-26-49)24-28-51-30-32-55(42-65-51)68-38-16-14-12-10-8-2/h17-36,39-42H,7-16,37-38,43-45H2,1-6H3. The molecule has 0 N–H and O–H groups in total. The van der Waals surface area contributed by atoms with Gasteiger partial charge in [-0.25, -0.2) is 4.79 Å². The van der Waals surface area contributed by atoms with Gasteiger partial charge in [0.25, 0.3) is 0 Å². The molecule has 0 saturated carbocycles. The van der Waals surface area contributed by atoms with E-state index in [0.29, 0.717) is 30.3 Å². The average Bonchev–Trinajstić information content (AvgIpc) is 3.74. The lowest BCUT2D eigenvalue weighted by atomic mass is 9.72. The molecular formula is C63H72N2O6. The molecule has 2 aliphatic rings. The summed E-state index contributed by atoms with van der Waals surface area (Å²) in [6.07, 6.45) is 25.5. The van der Waals surface area contributed by atoms with Crippen molar-refractivity contribution >= 4 is 30.3 Å². The number of pyridine rings is 2. The number of rotatable bonds is 24. The van der Waals surface area contributed by atoms with Crippen molar-refractivity contribution in [1.29, 1.82) is 0 Å². The van der Waals surface area contributed by atoms with Crippen molar-refractivity contribution in [2.45, 2.75) is 141 Å². The summed E-state index contributed by atoms with van der Waals surface area (Å²) in [6.45, 7) is 15.5. The molecule has 2 heterocycles. The van der Waals surface area contributed by atoms with Crippen molar-refractivity contribution in [2.24, 2.45) is 0 Å². The minimum Gasteiger partial charge on any atom is -0.492 e. The second-order valence-electron chi connectivity index (χ2n) is 20.7. The van der Waals surface area contributed by atoms with Gasteiger partial charge in [0.2, 0.25) is 0 Å². The number of esters is 1. The Morgan fingerprint density at radius 1 is 0.521 bits per heavy atom. The number of carbonyl (C=O) groups is 1. The first kappa shape index (κ1) is 50.9.